The normalized spacial score (nSPS) is 21.8. The smallest absolute Gasteiger partial charge is 0.244 e. The zero-order chi connectivity index (χ0) is 18.1. The molecule has 7 heteroatoms. The molecule has 2 N–H and O–H groups in total. The molecule has 132 valence electrons. The molecule has 1 aliphatic heterocycles. The lowest BCUT2D eigenvalue weighted by Gasteiger charge is -2.14. The molecule has 0 spiro atoms. The second kappa shape index (κ2) is 6.59. The Balaban J connectivity index is 1.40. The second-order valence-corrected chi connectivity index (χ2v) is 6.51. The van der Waals surface area contributed by atoms with Gasteiger partial charge < -0.3 is 5.32 Å². The molecule has 1 fully saturated rings. The van der Waals surface area contributed by atoms with Gasteiger partial charge in [0.2, 0.25) is 17.7 Å². The molecule has 0 bridgehead atoms. The lowest BCUT2D eigenvalue weighted by Crippen LogP contribution is -2.38. The lowest BCUT2D eigenvalue weighted by atomic mass is 9.85. The number of likely N-dealkylation sites (tertiary alicyclic amines) is 1. The topological polar surface area (TPSA) is 95.2 Å². The highest BCUT2D eigenvalue weighted by Crippen LogP contribution is 2.34. The van der Waals surface area contributed by atoms with Crippen LogP contribution in [0.5, 0.6) is 0 Å². The molecule has 0 radical (unpaired) electrons. The van der Waals surface area contributed by atoms with Gasteiger partial charge in [-0.2, -0.15) is 5.10 Å². The number of rotatable bonds is 4. The van der Waals surface area contributed by atoms with Crippen LogP contribution in [0.1, 0.15) is 12.8 Å². The SMILES string of the molecule is O=C(CN1C(=O)[C@H]2CC=CC[C@@H]2C1=O)Nc1ccc(-c2ccn[nH]2)cc1. The van der Waals surface area contributed by atoms with Crippen molar-refractivity contribution in [3.63, 3.8) is 0 Å². The Morgan fingerprint density at radius 1 is 1.08 bits per heavy atom. The van der Waals surface area contributed by atoms with E-state index in [0.717, 1.165) is 16.2 Å². The maximum atomic E-state index is 12.4. The van der Waals surface area contributed by atoms with E-state index >= 15 is 0 Å². The first kappa shape index (κ1) is 16.3. The van der Waals surface area contributed by atoms with Crippen LogP contribution < -0.4 is 5.32 Å². The Morgan fingerprint density at radius 3 is 2.31 bits per heavy atom. The van der Waals surface area contributed by atoms with E-state index in [1.807, 2.05) is 30.4 Å². The number of hydrogen-bond donors (Lipinski definition) is 2. The summed E-state index contributed by atoms with van der Waals surface area (Å²) >= 11 is 0. The van der Waals surface area contributed by atoms with Crippen LogP contribution in [0.4, 0.5) is 5.69 Å². The molecule has 4 rings (SSSR count). The Morgan fingerprint density at radius 2 is 1.73 bits per heavy atom. The third kappa shape index (κ3) is 2.92. The summed E-state index contributed by atoms with van der Waals surface area (Å²) in [5.74, 6) is -1.49. The van der Waals surface area contributed by atoms with Crippen LogP contribution in [0, 0.1) is 11.8 Å². The van der Waals surface area contributed by atoms with E-state index in [1.165, 1.54) is 0 Å². The monoisotopic (exact) mass is 350 g/mol. The summed E-state index contributed by atoms with van der Waals surface area (Å²) in [6.45, 7) is -0.243. The molecule has 2 aromatic rings. The van der Waals surface area contributed by atoms with E-state index in [9.17, 15) is 14.4 Å². The van der Waals surface area contributed by atoms with Crippen molar-refractivity contribution in [3.05, 3.63) is 48.7 Å². The van der Waals surface area contributed by atoms with Crippen molar-refractivity contribution in [2.75, 3.05) is 11.9 Å². The van der Waals surface area contributed by atoms with Crippen LogP contribution in [0.15, 0.2) is 48.7 Å². The molecule has 2 heterocycles. The summed E-state index contributed by atoms with van der Waals surface area (Å²) in [5, 5.41) is 9.51. The third-order valence-corrected chi connectivity index (χ3v) is 4.88. The van der Waals surface area contributed by atoms with Gasteiger partial charge in [-0.25, -0.2) is 0 Å². The van der Waals surface area contributed by atoms with E-state index in [1.54, 1.807) is 18.3 Å². The number of carbonyl (C=O) groups excluding carboxylic acids is 3. The molecule has 26 heavy (non-hydrogen) atoms. The number of hydrogen-bond acceptors (Lipinski definition) is 4. The number of fused-ring (bicyclic) bond motifs is 1. The molecule has 1 aliphatic carbocycles. The summed E-state index contributed by atoms with van der Waals surface area (Å²) < 4.78 is 0. The number of anilines is 1. The first-order valence-electron chi connectivity index (χ1n) is 8.53. The van der Waals surface area contributed by atoms with Gasteiger partial charge in [-0.05, 0) is 36.6 Å². The molecule has 3 amide bonds. The van der Waals surface area contributed by atoms with E-state index in [2.05, 4.69) is 15.5 Å². The number of carbonyl (C=O) groups is 3. The maximum absolute atomic E-state index is 12.4. The van der Waals surface area contributed by atoms with Crippen molar-refractivity contribution in [3.8, 4) is 11.3 Å². The van der Waals surface area contributed by atoms with Crippen molar-refractivity contribution in [1.29, 1.82) is 0 Å². The van der Waals surface area contributed by atoms with Crippen LogP contribution in [0.2, 0.25) is 0 Å². The predicted octanol–water partition coefficient (Wildman–Crippen LogP) is 1.97. The minimum absolute atomic E-state index is 0.242. The molecule has 2 aliphatic rings. The Bertz CT molecular complexity index is 845. The van der Waals surface area contributed by atoms with Crippen molar-refractivity contribution in [2.45, 2.75) is 12.8 Å². The largest absolute Gasteiger partial charge is 0.325 e. The summed E-state index contributed by atoms with van der Waals surface area (Å²) in [6.07, 6.45) is 6.67. The third-order valence-electron chi connectivity index (χ3n) is 4.88. The van der Waals surface area contributed by atoms with Crippen LogP contribution in [-0.4, -0.2) is 39.4 Å². The molecule has 2 atom stereocenters. The number of benzene rings is 1. The minimum atomic E-state index is -0.382. The van der Waals surface area contributed by atoms with Gasteiger partial charge in [0.15, 0.2) is 0 Å². The Hall–Kier alpha value is -3.22. The quantitative estimate of drug-likeness (QED) is 0.651. The fourth-order valence-electron chi connectivity index (χ4n) is 3.52. The van der Waals surface area contributed by atoms with E-state index < -0.39 is 0 Å². The minimum Gasteiger partial charge on any atom is -0.325 e. The number of imide groups is 1. The van der Waals surface area contributed by atoms with Gasteiger partial charge in [0.1, 0.15) is 6.54 Å². The van der Waals surface area contributed by atoms with Gasteiger partial charge >= 0.3 is 0 Å². The fraction of sp³-hybridized carbons (Fsp3) is 0.263. The second-order valence-electron chi connectivity index (χ2n) is 6.51. The van der Waals surface area contributed by atoms with Crippen LogP contribution in [0.3, 0.4) is 0 Å². The number of amides is 3. The van der Waals surface area contributed by atoms with Gasteiger partial charge in [0.25, 0.3) is 0 Å². The molecular weight excluding hydrogens is 332 g/mol. The highest BCUT2D eigenvalue weighted by Gasteiger charge is 2.47. The first-order valence-corrected chi connectivity index (χ1v) is 8.53. The van der Waals surface area contributed by atoms with E-state index in [-0.39, 0.29) is 36.1 Å². The zero-order valence-electron chi connectivity index (χ0n) is 14.0. The highest BCUT2D eigenvalue weighted by atomic mass is 16.2. The van der Waals surface area contributed by atoms with Gasteiger partial charge in [-0.3, -0.25) is 24.4 Å². The van der Waals surface area contributed by atoms with Crippen LogP contribution in [-0.2, 0) is 14.4 Å². The first-order chi connectivity index (χ1) is 12.6. The lowest BCUT2D eigenvalue weighted by molar-refractivity contribution is -0.142. The molecular formula is C19H18N4O3. The number of nitrogens with one attached hydrogen (secondary N) is 2. The average Bonchev–Trinajstić information content (AvgIpc) is 3.27. The average molecular weight is 350 g/mol. The molecule has 1 saturated heterocycles. The van der Waals surface area contributed by atoms with Gasteiger partial charge in [-0.1, -0.05) is 24.3 Å². The van der Waals surface area contributed by atoms with Gasteiger partial charge in [0, 0.05) is 11.9 Å². The molecule has 1 aromatic heterocycles. The van der Waals surface area contributed by atoms with Gasteiger partial charge in [-0.15, -0.1) is 0 Å². The van der Waals surface area contributed by atoms with Crippen molar-refractivity contribution in [1.82, 2.24) is 15.1 Å². The molecule has 1 aromatic carbocycles. The zero-order valence-corrected chi connectivity index (χ0v) is 14.0. The van der Waals surface area contributed by atoms with Crippen molar-refractivity contribution in [2.24, 2.45) is 11.8 Å². The number of allylic oxidation sites excluding steroid dienone is 2. The number of nitrogens with zero attached hydrogens (tertiary/aromatic N) is 2. The number of aromatic nitrogens is 2. The van der Waals surface area contributed by atoms with Crippen LogP contribution >= 0.6 is 0 Å². The van der Waals surface area contributed by atoms with E-state index in [4.69, 9.17) is 0 Å². The van der Waals surface area contributed by atoms with Gasteiger partial charge in [0.05, 0.1) is 17.5 Å². The van der Waals surface area contributed by atoms with Crippen molar-refractivity contribution >= 4 is 23.4 Å². The number of aromatic amines is 1. The summed E-state index contributed by atoms with van der Waals surface area (Å²) in [5.41, 5.74) is 2.44. The Kier molecular flexibility index (Phi) is 4.12. The Labute approximate surface area is 150 Å². The molecule has 7 nitrogen and oxygen atoms in total. The number of H-pyrrole nitrogens is 1. The highest BCUT2D eigenvalue weighted by molar-refractivity contribution is 6.08. The van der Waals surface area contributed by atoms with E-state index in [0.29, 0.717) is 18.5 Å². The summed E-state index contributed by atoms with van der Waals surface area (Å²) in [4.78, 5) is 38.2. The fourth-order valence-corrected chi connectivity index (χ4v) is 3.52. The summed E-state index contributed by atoms with van der Waals surface area (Å²) in [7, 11) is 0. The predicted molar refractivity (Wildman–Crippen MR) is 94.7 cm³/mol. The standard InChI is InChI=1S/C19H18N4O3/c24-17(11-23-18(25)14-3-1-2-4-15(14)19(23)26)21-13-7-5-12(6-8-13)16-9-10-20-22-16/h1-2,5-10,14-15H,3-4,11H2,(H,20,22)(H,21,24)/t14-,15-/m0/s1. The summed E-state index contributed by atoms with van der Waals surface area (Å²) in [6, 6.07) is 9.11. The maximum Gasteiger partial charge on any atom is 0.244 e. The molecule has 0 saturated carbocycles. The molecule has 0 unspecified atom stereocenters. The van der Waals surface area contributed by atoms with Crippen LogP contribution in [0.25, 0.3) is 11.3 Å². The van der Waals surface area contributed by atoms with Crippen molar-refractivity contribution < 1.29 is 14.4 Å².